The molecule has 0 saturated heterocycles. The summed E-state index contributed by atoms with van der Waals surface area (Å²) >= 11 is 5.03. The summed E-state index contributed by atoms with van der Waals surface area (Å²) in [7, 11) is 1.68. The molecule has 0 spiro atoms. The highest BCUT2D eigenvalue weighted by atomic mass is 79.9. The average Bonchev–Trinajstić information content (AvgIpc) is 2.30. The van der Waals surface area contributed by atoms with Gasteiger partial charge in [0.2, 0.25) is 0 Å². The van der Waals surface area contributed by atoms with Crippen molar-refractivity contribution in [3.63, 3.8) is 0 Å². The van der Waals surface area contributed by atoms with Gasteiger partial charge in [0.15, 0.2) is 0 Å². The number of hydrogen-bond acceptors (Lipinski definition) is 4. The second kappa shape index (κ2) is 7.68. The molecule has 0 amide bonds. The van der Waals surface area contributed by atoms with E-state index in [1.54, 1.807) is 24.9 Å². The summed E-state index contributed by atoms with van der Waals surface area (Å²) in [4.78, 5) is 10.4. The van der Waals surface area contributed by atoms with Gasteiger partial charge in [0, 0.05) is 25.5 Å². The number of methoxy groups -OCH3 is 1. The first-order valence-electron chi connectivity index (χ1n) is 5.15. The van der Waals surface area contributed by atoms with Crippen molar-refractivity contribution in [3.05, 3.63) is 38.3 Å². The van der Waals surface area contributed by atoms with E-state index >= 15 is 0 Å². The van der Waals surface area contributed by atoms with Gasteiger partial charge in [0.25, 0.3) is 5.69 Å². The van der Waals surface area contributed by atoms with Crippen molar-refractivity contribution in [1.82, 2.24) is 0 Å². The molecule has 0 atom stereocenters. The molecule has 0 aliphatic heterocycles. The maximum Gasteiger partial charge on any atom is 0.283 e. The standard InChI is InChI=1S/C11H14BrNO3S/c1-16-6-3-7-17-8-9-4-2-5-10(11(9)12)13(14)15/h2,4-5H,3,6-8H2,1H3. The summed E-state index contributed by atoms with van der Waals surface area (Å²) in [6.45, 7) is 0.753. The molecule has 1 rings (SSSR count). The van der Waals surface area contributed by atoms with Crippen molar-refractivity contribution < 1.29 is 9.66 Å². The number of halogens is 1. The molecule has 0 saturated carbocycles. The van der Waals surface area contributed by atoms with Crippen molar-refractivity contribution >= 4 is 33.4 Å². The molecule has 0 aromatic heterocycles. The van der Waals surface area contributed by atoms with Crippen LogP contribution in [0.1, 0.15) is 12.0 Å². The molecule has 0 heterocycles. The SMILES string of the molecule is COCCCSCc1cccc([N+](=O)[O-])c1Br. The Morgan fingerprint density at radius 1 is 1.53 bits per heavy atom. The molecule has 1 aromatic carbocycles. The molecule has 0 N–H and O–H groups in total. The van der Waals surface area contributed by atoms with E-state index in [1.165, 1.54) is 6.07 Å². The van der Waals surface area contributed by atoms with Crippen molar-refractivity contribution in [2.75, 3.05) is 19.5 Å². The van der Waals surface area contributed by atoms with Gasteiger partial charge in [-0.3, -0.25) is 10.1 Å². The third-order valence-corrected chi connectivity index (χ3v) is 4.16. The summed E-state index contributed by atoms with van der Waals surface area (Å²) in [5.41, 5.74) is 1.08. The van der Waals surface area contributed by atoms with Crippen LogP contribution in [0.5, 0.6) is 0 Å². The van der Waals surface area contributed by atoms with Crippen LogP contribution in [0.4, 0.5) is 5.69 Å². The largest absolute Gasteiger partial charge is 0.385 e. The molecule has 0 radical (unpaired) electrons. The zero-order chi connectivity index (χ0) is 12.7. The molecule has 4 nitrogen and oxygen atoms in total. The molecule has 6 heteroatoms. The summed E-state index contributed by atoms with van der Waals surface area (Å²) in [5.74, 6) is 1.76. The van der Waals surface area contributed by atoms with Gasteiger partial charge in [0.1, 0.15) is 0 Å². The van der Waals surface area contributed by atoms with E-state index in [1.807, 2.05) is 6.07 Å². The number of benzene rings is 1. The molecule has 1 aromatic rings. The Morgan fingerprint density at radius 3 is 2.94 bits per heavy atom. The summed E-state index contributed by atoms with van der Waals surface area (Å²) in [6.07, 6.45) is 0.994. The third kappa shape index (κ3) is 4.65. The minimum atomic E-state index is -0.372. The molecule has 0 aliphatic carbocycles. The maximum absolute atomic E-state index is 10.7. The van der Waals surface area contributed by atoms with Gasteiger partial charge in [0.05, 0.1) is 9.40 Å². The molecular weight excluding hydrogens is 306 g/mol. The lowest BCUT2D eigenvalue weighted by Crippen LogP contribution is -1.94. The third-order valence-electron chi connectivity index (χ3n) is 2.15. The average molecular weight is 320 g/mol. The lowest BCUT2D eigenvalue weighted by atomic mass is 10.2. The maximum atomic E-state index is 10.7. The van der Waals surface area contributed by atoms with E-state index in [4.69, 9.17) is 4.74 Å². The van der Waals surface area contributed by atoms with E-state index in [0.717, 1.165) is 30.1 Å². The van der Waals surface area contributed by atoms with Gasteiger partial charge in [-0.15, -0.1) is 0 Å². The summed E-state index contributed by atoms with van der Waals surface area (Å²) in [5, 5.41) is 10.7. The molecule has 0 fully saturated rings. The number of nitrogens with zero attached hydrogens (tertiary/aromatic N) is 1. The minimum absolute atomic E-state index is 0.125. The van der Waals surface area contributed by atoms with Crippen molar-refractivity contribution in [2.45, 2.75) is 12.2 Å². The van der Waals surface area contributed by atoms with Gasteiger partial charge in [-0.1, -0.05) is 12.1 Å². The monoisotopic (exact) mass is 319 g/mol. The Kier molecular flexibility index (Phi) is 6.54. The molecule has 94 valence electrons. The number of thioether (sulfide) groups is 1. The number of rotatable bonds is 7. The van der Waals surface area contributed by atoms with Crippen LogP contribution in [-0.2, 0) is 10.5 Å². The van der Waals surface area contributed by atoms with Gasteiger partial charge in [-0.25, -0.2) is 0 Å². The first-order valence-corrected chi connectivity index (χ1v) is 7.10. The smallest absolute Gasteiger partial charge is 0.283 e. The fourth-order valence-corrected chi connectivity index (χ4v) is 2.97. The van der Waals surface area contributed by atoms with Crippen molar-refractivity contribution in [2.24, 2.45) is 0 Å². The predicted molar refractivity (Wildman–Crippen MR) is 73.5 cm³/mol. The van der Waals surface area contributed by atoms with Crippen LogP contribution in [0, 0.1) is 10.1 Å². The first-order chi connectivity index (χ1) is 8.16. The van der Waals surface area contributed by atoms with E-state index < -0.39 is 0 Å². The van der Waals surface area contributed by atoms with Crippen LogP contribution in [0.25, 0.3) is 0 Å². The Balaban J connectivity index is 2.54. The second-order valence-corrected chi connectivity index (χ2v) is 5.30. The molecule has 0 aliphatic rings. The Labute approximate surface area is 113 Å². The topological polar surface area (TPSA) is 52.4 Å². The Hall–Kier alpha value is -0.590. The lowest BCUT2D eigenvalue weighted by Gasteiger charge is -2.04. The molecular formula is C11H14BrNO3S. The van der Waals surface area contributed by atoms with Gasteiger partial charge >= 0.3 is 0 Å². The van der Waals surface area contributed by atoms with Crippen LogP contribution in [0.3, 0.4) is 0 Å². The second-order valence-electron chi connectivity index (χ2n) is 3.41. The van der Waals surface area contributed by atoms with E-state index in [2.05, 4.69) is 15.9 Å². The van der Waals surface area contributed by atoms with Crippen molar-refractivity contribution in [1.29, 1.82) is 0 Å². The number of nitro groups is 1. The molecule has 17 heavy (non-hydrogen) atoms. The van der Waals surface area contributed by atoms with E-state index in [0.29, 0.717) is 4.47 Å². The van der Waals surface area contributed by atoms with Crippen LogP contribution in [0.2, 0.25) is 0 Å². The molecule has 0 bridgehead atoms. The minimum Gasteiger partial charge on any atom is -0.385 e. The molecule has 0 unspecified atom stereocenters. The zero-order valence-electron chi connectivity index (χ0n) is 9.52. The van der Waals surface area contributed by atoms with Crippen LogP contribution < -0.4 is 0 Å². The Morgan fingerprint density at radius 2 is 2.29 bits per heavy atom. The number of nitro benzene ring substituents is 1. The van der Waals surface area contributed by atoms with Gasteiger partial charge < -0.3 is 4.74 Å². The summed E-state index contributed by atoms with van der Waals surface area (Å²) < 4.78 is 5.54. The lowest BCUT2D eigenvalue weighted by molar-refractivity contribution is -0.385. The fraction of sp³-hybridized carbons (Fsp3) is 0.455. The highest BCUT2D eigenvalue weighted by molar-refractivity contribution is 9.10. The quantitative estimate of drug-likeness (QED) is 0.437. The highest BCUT2D eigenvalue weighted by Crippen LogP contribution is 2.30. The van der Waals surface area contributed by atoms with Crippen molar-refractivity contribution in [3.8, 4) is 0 Å². The fourth-order valence-electron chi connectivity index (χ4n) is 1.31. The van der Waals surface area contributed by atoms with Gasteiger partial charge in [-0.05, 0) is 33.7 Å². The normalized spacial score (nSPS) is 10.5. The van der Waals surface area contributed by atoms with Crippen LogP contribution in [0.15, 0.2) is 22.7 Å². The first kappa shape index (κ1) is 14.5. The van der Waals surface area contributed by atoms with Gasteiger partial charge in [-0.2, -0.15) is 11.8 Å². The summed E-state index contributed by atoms with van der Waals surface area (Å²) in [6, 6.07) is 5.12. The van der Waals surface area contributed by atoms with E-state index in [9.17, 15) is 10.1 Å². The van der Waals surface area contributed by atoms with Crippen LogP contribution >= 0.6 is 27.7 Å². The van der Waals surface area contributed by atoms with E-state index in [-0.39, 0.29) is 10.6 Å². The number of hydrogen-bond donors (Lipinski definition) is 0. The number of ether oxygens (including phenoxy) is 1. The predicted octanol–water partition coefficient (Wildman–Crippen LogP) is 3.63. The zero-order valence-corrected chi connectivity index (χ0v) is 11.9. The highest BCUT2D eigenvalue weighted by Gasteiger charge is 2.14. The van der Waals surface area contributed by atoms with Crippen LogP contribution in [-0.4, -0.2) is 24.4 Å². The Bertz CT molecular complexity index is 387.